The molecule has 210 valence electrons. The van der Waals surface area contributed by atoms with Gasteiger partial charge in [0.1, 0.15) is 11.3 Å². The zero-order valence-corrected chi connectivity index (χ0v) is 23.4. The molecule has 1 unspecified atom stereocenters. The molecule has 1 N–H and O–H groups in total. The van der Waals surface area contributed by atoms with Crippen LogP contribution >= 0.6 is 0 Å². The maximum absolute atomic E-state index is 12.7. The summed E-state index contributed by atoms with van der Waals surface area (Å²) >= 11 is 0. The molecule has 2 aromatic heterocycles. The van der Waals surface area contributed by atoms with E-state index in [1.165, 1.54) is 19.4 Å². The van der Waals surface area contributed by atoms with E-state index in [2.05, 4.69) is 41.7 Å². The molecule has 1 atom stereocenters. The number of esters is 1. The van der Waals surface area contributed by atoms with Crippen molar-refractivity contribution in [2.75, 3.05) is 32.2 Å². The number of nitrogens with zero attached hydrogens (tertiary/aromatic N) is 4. The summed E-state index contributed by atoms with van der Waals surface area (Å²) in [5.41, 5.74) is 3.20. The molecule has 40 heavy (non-hydrogen) atoms. The quantitative estimate of drug-likeness (QED) is 0.469. The fraction of sp³-hybridized carbons (Fsp3) is 0.433. The van der Waals surface area contributed by atoms with E-state index in [4.69, 9.17) is 9.47 Å². The Morgan fingerprint density at radius 3 is 2.27 bits per heavy atom. The number of piperidine rings is 1. The standard InChI is InChI=1S/C30H34N4O6/c1-30(2,3)26-11-18-10-21(19-14-31-29(32-15-19)33-8-6-17(7-9-33)28(38)40-5)25(39-4)12-20(18)23-13-24(35)22(27(36)37)16-34(23)26/h10,12-17,26H,6-9,11H2,1-5H3,(H,36,37). The largest absolute Gasteiger partial charge is 0.496 e. The minimum Gasteiger partial charge on any atom is -0.496 e. The Labute approximate surface area is 232 Å². The van der Waals surface area contributed by atoms with Gasteiger partial charge in [0.05, 0.1) is 25.8 Å². The van der Waals surface area contributed by atoms with Crippen LogP contribution in [0.1, 0.15) is 55.6 Å². The van der Waals surface area contributed by atoms with Crippen LogP contribution in [-0.4, -0.2) is 58.9 Å². The molecular weight excluding hydrogens is 512 g/mol. The lowest BCUT2D eigenvalue weighted by Gasteiger charge is -2.39. The monoisotopic (exact) mass is 546 g/mol. The number of rotatable bonds is 5. The van der Waals surface area contributed by atoms with Gasteiger partial charge in [-0.05, 0) is 42.4 Å². The van der Waals surface area contributed by atoms with Crippen LogP contribution in [0.4, 0.5) is 5.95 Å². The predicted molar refractivity (Wildman–Crippen MR) is 150 cm³/mol. The third kappa shape index (κ3) is 4.94. The van der Waals surface area contributed by atoms with Crippen LogP contribution in [0.3, 0.4) is 0 Å². The second-order valence-electron chi connectivity index (χ2n) is 11.5. The zero-order chi connectivity index (χ0) is 28.8. The van der Waals surface area contributed by atoms with Crippen molar-refractivity contribution < 1.29 is 24.2 Å². The molecule has 1 fully saturated rings. The van der Waals surface area contributed by atoms with E-state index in [0.717, 1.165) is 22.3 Å². The van der Waals surface area contributed by atoms with E-state index >= 15 is 0 Å². The summed E-state index contributed by atoms with van der Waals surface area (Å²) in [6.07, 6.45) is 7.08. The van der Waals surface area contributed by atoms with E-state index in [1.54, 1.807) is 19.5 Å². The smallest absolute Gasteiger partial charge is 0.341 e. The summed E-state index contributed by atoms with van der Waals surface area (Å²) in [6.45, 7) is 7.68. The van der Waals surface area contributed by atoms with Crippen LogP contribution in [0.25, 0.3) is 22.4 Å². The highest BCUT2D eigenvalue weighted by Gasteiger charge is 2.34. The number of fused-ring (bicyclic) bond motifs is 3. The zero-order valence-electron chi connectivity index (χ0n) is 23.4. The second-order valence-corrected chi connectivity index (χ2v) is 11.5. The van der Waals surface area contributed by atoms with Crippen LogP contribution in [0.2, 0.25) is 0 Å². The third-order valence-corrected chi connectivity index (χ3v) is 8.02. The Hall–Kier alpha value is -4.21. The lowest BCUT2D eigenvalue weighted by atomic mass is 9.78. The number of benzene rings is 1. The van der Waals surface area contributed by atoms with Gasteiger partial charge >= 0.3 is 11.9 Å². The molecule has 2 aliphatic rings. The molecule has 0 radical (unpaired) electrons. The van der Waals surface area contributed by atoms with Crippen molar-refractivity contribution in [3.63, 3.8) is 0 Å². The summed E-state index contributed by atoms with van der Waals surface area (Å²) in [5, 5.41) is 9.58. The average molecular weight is 547 g/mol. The predicted octanol–water partition coefficient (Wildman–Crippen LogP) is 4.21. The summed E-state index contributed by atoms with van der Waals surface area (Å²) in [7, 11) is 3.01. The van der Waals surface area contributed by atoms with Crippen LogP contribution in [-0.2, 0) is 16.0 Å². The molecule has 0 bridgehead atoms. The Morgan fingerprint density at radius 1 is 1.02 bits per heavy atom. The molecule has 0 saturated carbocycles. The number of aromatic nitrogens is 3. The van der Waals surface area contributed by atoms with Gasteiger partial charge in [-0.1, -0.05) is 20.8 Å². The molecule has 0 aliphatic carbocycles. The minimum absolute atomic E-state index is 0.0681. The van der Waals surface area contributed by atoms with Gasteiger partial charge in [0.15, 0.2) is 5.43 Å². The second kappa shape index (κ2) is 10.4. The average Bonchev–Trinajstić information content (AvgIpc) is 2.94. The fourth-order valence-electron chi connectivity index (χ4n) is 5.75. The van der Waals surface area contributed by atoms with Gasteiger partial charge < -0.3 is 24.0 Å². The van der Waals surface area contributed by atoms with Crippen molar-refractivity contribution in [2.24, 2.45) is 11.3 Å². The van der Waals surface area contributed by atoms with E-state index in [0.29, 0.717) is 49.7 Å². The number of carboxylic acids is 1. The van der Waals surface area contributed by atoms with Gasteiger partial charge in [0.2, 0.25) is 5.95 Å². The SMILES string of the molecule is COC(=O)C1CCN(c2ncc(-c3cc4c(cc3OC)-c3cc(=O)c(C(=O)O)cn3C(C(C)(C)C)C4)cn2)CC1. The van der Waals surface area contributed by atoms with Crippen LogP contribution in [0.15, 0.2) is 41.6 Å². The van der Waals surface area contributed by atoms with Crippen molar-refractivity contribution >= 4 is 17.9 Å². The number of carbonyl (C=O) groups is 2. The van der Waals surface area contributed by atoms with Crippen molar-refractivity contribution in [1.82, 2.24) is 14.5 Å². The number of pyridine rings is 1. The first kappa shape index (κ1) is 27.4. The van der Waals surface area contributed by atoms with Gasteiger partial charge in [0, 0.05) is 60.5 Å². The maximum Gasteiger partial charge on any atom is 0.341 e. The number of hydrogen-bond donors (Lipinski definition) is 1. The van der Waals surface area contributed by atoms with Gasteiger partial charge in [-0.3, -0.25) is 9.59 Å². The number of anilines is 1. The number of carboxylic acid groups (broad SMARTS) is 1. The molecule has 0 amide bonds. The molecular formula is C30H34N4O6. The van der Waals surface area contributed by atoms with E-state index < -0.39 is 11.4 Å². The Balaban J connectivity index is 1.51. The molecule has 0 spiro atoms. The Bertz CT molecular complexity index is 1510. The first-order valence-electron chi connectivity index (χ1n) is 13.4. The van der Waals surface area contributed by atoms with Gasteiger partial charge in [-0.15, -0.1) is 0 Å². The Kier molecular flexibility index (Phi) is 7.12. The summed E-state index contributed by atoms with van der Waals surface area (Å²) in [4.78, 5) is 47.6. The van der Waals surface area contributed by atoms with Crippen molar-refractivity contribution in [1.29, 1.82) is 0 Å². The van der Waals surface area contributed by atoms with E-state index in [9.17, 15) is 19.5 Å². The Morgan fingerprint density at radius 2 is 1.70 bits per heavy atom. The summed E-state index contributed by atoms with van der Waals surface area (Å²) in [5.74, 6) is -0.278. The molecule has 1 aromatic carbocycles. The highest BCUT2D eigenvalue weighted by Crippen LogP contribution is 2.45. The van der Waals surface area contributed by atoms with Crippen molar-refractivity contribution in [3.8, 4) is 28.1 Å². The normalized spacial score (nSPS) is 17.1. The fourth-order valence-corrected chi connectivity index (χ4v) is 5.75. The van der Waals surface area contributed by atoms with E-state index in [-0.39, 0.29) is 28.9 Å². The maximum atomic E-state index is 12.7. The highest BCUT2D eigenvalue weighted by atomic mass is 16.5. The van der Waals surface area contributed by atoms with Crippen LogP contribution < -0.4 is 15.1 Å². The lowest BCUT2D eigenvalue weighted by molar-refractivity contribution is -0.146. The molecule has 2 aliphatic heterocycles. The number of hydrogen-bond acceptors (Lipinski definition) is 8. The van der Waals surface area contributed by atoms with Gasteiger partial charge in [-0.25, -0.2) is 14.8 Å². The number of carbonyl (C=O) groups excluding carboxylic acids is 1. The van der Waals surface area contributed by atoms with Gasteiger partial charge in [-0.2, -0.15) is 0 Å². The van der Waals surface area contributed by atoms with E-state index in [1.807, 2.05) is 10.6 Å². The third-order valence-electron chi connectivity index (χ3n) is 8.02. The van der Waals surface area contributed by atoms with Crippen molar-refractivity contribution in [2.45, 2.75) is 46.1 Å². The highest BCUT2D eigenvalue weighted by molar-refractivity contribution is 5.88. The number of methoxy groups -OCH3 is 2. The minimum atomic E-state index is -1.23. The molecule has 5 rings (SSSR count). The molecule has 4 heterocycles. The topological polar surface area (TPSA) is 124 Å². The molecule has 10 nitrogen and oxygen atoms in total. The lowest BCUT2D eigenvalue weighted by Crippen LogP contribution is -2.37. The molecule has 3 aromatic rings. The first-order valence-corrected chi connectivity index (χ1v) is 13.4. The van der Waals surface area contributed by atoms with Gasteiger partial charge in [0.25, 0.3) is 0 Å². The number of aromatic carboxylic acids is 1. The van der Waals surface area contributed by atoms with Crippen molar-refractivity contribution in [3.05, 3.63) is 58.1 Å². The van der Waals surface area contributed by atoms with Crippen LogP contribution in [0, 0.1) is 11.3 Å². The number of ether oxygens (including phenoxy) is 2. The molecule has 10 heteroatoms. The summed E-state index contributed by atoms with van der Waals surface area (Å²) < 4.78 is 12.6. The van der Waals surface area contributed by atoms with Crippen LogP contribution in [0.5, 0.6) is 5.75 Å². The summed E-state index contributed by atoms with van der Waals surface area (Å²) in [6, 6.07) is 5.31. The first-order chi connectivity index (χ1) is 19.0. The molecule has 1 saturated heterocycles.